The van der Waals surface area contributed by atoms with Crippen molar-refractivity contribution >= 4 is 5.91 Å². The van der Waals surface area contributed by atoms with Crippen molar-refractivity contribution in [3.8, 4) is 0 Å². The van der Waals surface area contributed by atoms with Gasteiger partial charge in [0.2, 0.25) is 5.91 Å². The van der Waals surface area contributed by atoms with E-state index in [4.69, 9.17) is 0 Å². The molecule has 2 aliphatic rings. The molecule has 0 atom stereocenters. The van der Waals surface area contributed by atoms with E-state index < -0.39 is 18.3 Å². The van der Waals surface area contributed by atoms with Crippen LogP contribution in [0.5, 0.6) is 0 Å². The quantitative estimate of drug-likeness (QED) is 0.532. The van der Waals surface area contributed by atoms with Gasteiger partial charge in [0.1, 0.15) is 11.5 Å². The van der Waals surface area contributed by atoms with Crippen LogP contribution in [0.2, 0.25) is 0 Å². The van der Waals surface area contributed by atoms with Gasteiger partial charge in [-0.1, -0.05) is 6.07 Å². The highest BCUT2D eigenvalue weighted by molar-refractivity contribution is 5.78. The molecule has 7 nitrogen and oxygen atoms in total. The number of fused-ring (bicyclic) bond motifs is 1. The molecule has 0 radical (unpaired) electrons. The standard InChI is InChI=1S/C26H36F4N6O/c1-18-31-23(34-35(18)2)17-24(37)33-21-5-10-25(27,11-6-21)13-16-36-14-8-19-3-4-20(7-12-26(28,29)30)32-22(19)9-15-36/h3-4,21H,5-17H2,1-2H3,(H,33,37)/t21-,25+. The zero-order chi connectivity index (χ0) is 26.6. The predicted octanol–water partition coefficient (Wildman–Crippen LogP) is 3.81. The second kappa shape index (κ2) is 11.4. The molecule has 3 heterocycles. The number of rotatable bonds is 8. The summed E-state index contributed by atoms with van der Waals surface area (Å²) < 4.78 is 54.8. The zero-order valence-electron chi connectivity index (χ0n) is 21.6. The minimum atomic E-state index is -4.19. The van der Waals surface area contributed by atoms with Crippen LogP contribution in [0.15, 0.2) is 12.1 Å². The maximum Gasteiger partial charge on any atom is 0.389 e. The summed E-state index contributed by atoms with van der Waals surface area (Å²) in [6.07, 6.45) is -1.14. The lowest BCUT2D eigenvalue weighted by molar-refractivity contribution is -0.134. The molecule has 11 heteroatoms. The van der Waals surface area contributed by atoms with Crippen LogP contribution in [0, 0.1) is 6.92 Å². The van der Waals surface area contributed by atoms with E-state index in [2.05, 4.69) is 25.3 Å². The Morgan fingerprint density at radius 2 is 1.89 bits per heavy atom. The number of amides is 1. The molecule has 4 rings (SSSR count). The molecular formula is C26H36F4N6O. The SMILES string of the molecule is Cc1nc(CC(=O)N[C@H]2CC[C@](F)(CCN3CCc4ccc(CCC(F)(F)F)nc4CC3)CC2)nn1C. The number of nitrogens with one attached hydrogen (secondary N) is 1. The smallest absolute Gasteiger partial charge is 0.353 e. The van der Waals surface area contributed by atoms with Gasteiger partial charge in [0.15, 0.2) is 5.82 Å². The summed E-state index contributed by atoms with van der Waals surface area (Å²) in [5.41, 5.74) is 1.16. The summed E-state index contributed by atoms with van der Waals surface area (Å²) in [7, 11) is 1.78. The Bertz CT molecular complexity index is 1060. The lowest BCUT2D eigenvalue weighted by atomic mass is 9.81. The lowest BCUT2D eigenvalue weighted by Crippen LogP contribution is -2.43. The first-order chi connectivity index (χ1) is 17.5. The first kappa shape index (κ1) is 27.5. The zero-order valence-corrected chi connectivity index (χ0v) is 21.6. The number of carbonyl (C=O) groups excluding carboxylic acids is 1. The lowest BCUT2D eigenvalue weighted by Gasteiger charge is -2.35. The van der Waals surface area contributed by atoms with Crippen molar-refractivity contribution in [2.45, 2.75) is 89.0 Å². The van der Waals surface area contributed by atoms with E-state index in [0.717, 1.165) is 36.6 Å². The molecule has 0 unspecified atom stereocenters. The van der Waals surface area contributed by atoms with Gasteiger partial charge in [-0.15, -0.1) is 0 Å². The normalized spacial score (nSPS) is 22.9. The average molecular weight is 525 g/mol. The van der Waals surface area contributed by atoms with Gasteiger partial charge in [-0.05, 0) is 63.5 Å². The molecule has 2 aromatic rings. The summed E-state index contributed by atoms with van der Waals surface area (Å²) in [6.45, 7) is 3.97. The van der Waals surface area contributed by atoms with Gasteiger partial charge in [0, 0.05) is 57.0 Å². The van der Waals surface area contributed by atoms with Gasteiger partial charge in [0.05, 0.1) is 6.42 Å². The van der Waals surface area contributed by atoms with Crippen LogP contribution < -0.4 is 5.32 Å². The molecule has 1 N–H and O–H groups in total. The third-order valence-corrected chi connectivity index (χ3v) is 7.62. The van der Waals surface area contributed by atoms with E-state index in [1.54, 1.807) is 17.8 Å². The third kappa shape index (κ3) is 7.96. The van der Waals surface area contributed by atoms with Gasteiger partial charge >= 0.3 is 6.18 Å². The second-order valence-electron chi connectivity index (χ2n) is 10.5. The molecule has 1 saturated carbocycles. The number of pyridine rings is 1. The number of aromatic nitrogens is 4. The van der Waals surface area contributed by atoms with Crippen LogP contribution in [-0.4, -0.2) is 68.1 Å². The number of hydrogen-bond acceptors (Lipinski definition) is 5. The van der Waals surface area contributed by atoms with Crippen molar-refractivity contribution in [1.29, 1.82) is 0 Å². The first-order valence-corrected chi connectivity index (χ1v) is 13.1. The highest BCUT2D eigenvalue weighted by atomic mass is 19.4. The summed E-state index contributed by atoms with van der Waals surface area (Å²) in [5.74, 6) is 1.10. The molecular weight excluding hydrogens is 488 g/mol. The van der Waals surface area contributed by atoms with Crippen LogP contribution in [0.1, 0.15) is 67.1 Å². The van der Waals surface area contributed by atoms with E-state index in [1.807, 2.05) is 13.0 Å². The van der Waals surface area contributed by atoms with Crippen LogP contribution in [0.4, 0.5) is 17.6 Å². The topological polar surface area (TPSA) is 75.9 Å². The Morgan fingerprint density at radius 3 is 2.57 bits per heavy atom. The summed E-state index contributed by atoms with van der Waals surface area (Å²) in [6, 6.07) is 3.56. The number of carbonyl (C=O) groups is 1. The second-order valence-corrected chi connectivity index (χ2v) is 10.5. The van der Waals surface area contributed by atoms with Crippen molar-refractivity contribution in [1.82, 2.24) is 30.0 Å². The van der Waals surface area contributed by atoms with Crippen molar-refractivity contribution in [3.63, 3.8) is 0 Å². The van der Waals surface area contributed by atoms with Crippen LogP contribution in [0.3, 0.4) is 0 Å². The molecule has 0 bridgehead atoms. The van der Waals surface area contributed by atoms with Crippen LogP contribution >= 0.6 is 0 Å². The highest BCUT2D eigenvalue weighted by Gasteiger charge is 2.36. The first-order valence-electron chi connectivity index (χ1n) is 13.1. The van der Waals surface area contributed by atoms with E-state index in [-0.39, 0.29) is 24.8 Å². The number of hydrogen-bond donors (Lipinski definition) is 1. The number of nitrogens with zero attached hydrogens (tertiary/aromatic N) is 5. The Balaban J connectivity index is 1.19. The molecule has 0 saturated heterocycles. The molecule has 1 aliphatic carbocycles. The number of halogens is 4. The number of aryl methyl sites for hydroxylation is 3. The molecule has 0 spiro atoms. The Labute approximate surface area is 215 Å². The molecule has 1 amide bonds. The molecule has 37 heavy (non-hydrogen) atoms. The third-order valence-electron chi connectivity index (χ3n) is 7.62. The van der Waals surface area contributed by atoms with Crippen molar-refractivity contribution < 1.29 is 22.4 Å². The van der Waals surface area contributed by atoms with Gasteiger partial charge in [0.25, 0.3) is 0 Å². The molecule has 1 fully saturated rings. The molecule has 2 aromatic heterocycles. The minimum absolute atomic E-state index is 0.0357. The maximum absolute atomic E-state index is 15.6. The van der Waals surface area contributed by atoms with Gasteiger partial charge < -0.3 is 10.2 Å². The molecule has 0 aromatic carbocycles. The van der Waals surface area contributed by atoms with E-state index in [1.165, 1.54) is 0 Å². The molecule has 1 aliphatic heterocycles. The van der Waals surface area contributed by atoms with Crippen molar-refractivity contribution in [2.24, 2.45) is 7.05 Å². The van der Waals surface area contributed by atoms with Gasteiger partial charge in [-0.2, -0.15) is 18.3 Å². The van der Waals surface area contributed by atoms with E-state index in [9.17, 15) is 18.0 Å². The van der Waals surface area contributed by atoms with E-state index >= 15 is 4.39 Å². The molecule has 204 valence electrons. The van der Waals surface area contributed by atoms with Crippen molar-refractivity contribution in [2.75, 3.05) is 19.6 Å². The fourth-order valence-electron chi connectivity index (χ4n) is 5.22. The highest BCUT2D eigenvalue weighted by Crippen LogP contribution is 2.35. The Hall–Kier alpha value is -2.56. The van der Waals surface area contributed by atoms with Crippen LogP contribution in [0.25, 0.3) is 0 Å². The summed E-state index contributed by atoms with van der Waals surface area (Å²) >= 11 is 0. The maximum atomic E-state index is 15.6. The largest absolute Gasteiger partial charge is 0.389 e. The summed E-state index contributed by atoms with van der Waals surface area (Å²) in [5, 5.41) is 7.22. The van der Waals surface area contributed by atoms with E-state index in [0.29, 0.717) is 56.6 Å². The van der Waals surface area contributed by atoms with Crippen molar-refractivity contribution in [3.05, 3.63) is 40.7 Å². The van der Waals surface area contributed by atoms with Gasteiger partial charge in [-0.3, -0.25) is 14.5 Å². The van der Waals surface area contributed by atoms with Crippen LogP contribution in [-0.2, 0) is 37.5 Å². The van der Waals surface area contributed by atoms with Gasteiger partial charge in [-0.25, -0.2) is 9.37 Å². The fraction of sp³-hybridized carbons (Fsp3) is 0.692. The summed E-state index contributed by atoms with van der Waals surface area (Å²) in [4.78, 5) is 23.3. The fourth-order valence-corrected chi connectivity index (χ4v) is 5.22. The average Bonchev–Trinajstić information content (AvgIpc) is 3.02. The predicted molar refractivity (Wildman–Crippen MR) is 131 cm³/mol. The minimum Gasteiger partial charge on any atom is -0.353 e. The Morgan fingerprint density at radius 1 is 1.16 bits per heavy atom. The number of alkyl halides is 4. The Kier molecular flexibility index (Phi) is 8.50. The monoisotopic (exact) mass is 524 g/mol.